The van der Waals surface area contributed by atoms with E-state index < -0.39 is 5.92 Å². The van der Waals surface area contributed by atoms with Gasteiger partial charge >= 0.3 is 0 Å². The van der Waals surface area contributed by atoms with Gasteiger partial charge in [0.2, 0.25) is 0 Å². The molecule has 4 aromatic heterocycles. The van der Waals surface area contributed by atoms with E-state index in [4.69, 9.17) is 4.98 Å². The Morgan fingerprint density at radius 3 is 2.72 bits per heavy atom. The first-order valence-corrected chi connectivity index (χ1v) is 10.4. The number of hydrogen-bond acceptors (Lipinski definition) is 5. The molecule has 10 heteroatoms. The van der Waals surface area contributed by atoms with E-state index in [-0.39, 0.29) is 12.8 Å². The highest BCUT2D eigenvalue weighted by molar-refractivity contribution is 5.96. The van der Waals surface area contributed by atoms with Gasteiger partial charge in [0.1, 0.15) is 11.2 Å². The fraction of sp³-hybridized carbons (Fsp3) is 0.273. The van der Waals surface area contributed by atoms with Gasteiger partial charge < -0.3 is 9.88 Å². The Bertz CT molecular complexity index is 1440. The summed E-state index contributed by atoms with van der Waals surface area (Å²) in [4.78, 5) is 14.7. The zero-order chi connectivity index (χ0) is 21.9. The Hall–Kier alpha value is -3.82. The summed E-state index contributed by atoms with van der Waals surface area (Å²) >= 11 is 0. The number of rotatable bonds is 3. The zero-order valence-corrected chi connectivity index (χ0v) is 17.3. The Morgan fingerprint density at radius 1 is 1.09 bits per heavy atom. The molecule has 2 N–H and O–H groups in total. The maximum Gasteiger partial charge on any atom is 0.251 e. The number of H-pyrrole nitrogens is 2. The summed E-state index contributed by atoms with van der Waals surface area (Å²) in [6.07, 6.45) is 5.13. The van der Waals surface area contributed by atoms with Crippen LogP contribution in [0.3, 0.4) is 0 Å². The van der Waals surface area contributed by atoms with Gasteiger partial charge in [-0.05, 0) is 18.2 Å². The fourth-order valence-corrected chi connectivity index (χ4v) is 4.27. The van der Waals surface area contributed by atoms with Gasteiger partial charge in [-0.3, -0.25) is 14.8 Å². The van der Waals surface area contributed by atoms with Crippen molar-refractivity contribution >= 4 is 27.6 Å². The van der Waals surface area contributed by atoms with Crippen molar-refractivity contribution in [3.8, 4) is 22.8 Å². The van der Waals surface area contributed by atoms with Crippen LogP contribution in [0.15, 0.2) is 42.9 Å². The lowest BCUT2D eigenvalue weighted by molar-refractivity contribution is -0.0220. The number of aryl methyl sites for hydroxylation is 1. The van der Waals surface area contributed by atoms with E-state index in [1.54, 1.807) is 17.1 Å². The molecule has 0 unspecified atom stereocenters. The van der Waals surface area contributed by atoms with E-state index in [9.17, 15) is 8.78 Å². The molecular weight excluding hydrogens is 414 g/mol. The maximum atomic E-state index is 13.6. The third-order valence-corrected chi connectivity index (χ3v) is 6.00. The smallest absolute Gasteiger partial charge is 0.251 e. The summed E-state index contributed by atoms with van der Waals surface area (Å²) < 4.78 is 29.0. The number of anilines is 1. The van der Waals surface area contributed by atoms with E-state index in [0.717, 1.165) is 38.9 Å². The first-order valence-electron chi connectivity index (χ1n) is 10.4. The van der Waals surface area contributed by atoms with E-state index in [0.29, 0.717) is 24.6 Å². The minimum absolute atomic E-state index is 0.144. The summed E-state index contributed by atoms with van der Waals surface area (Å²) in [7, 11) is 1.86. The van der Waals surface area contributed by atoms with Crippen LogP contribution in [0.1, 0.15) is 12.8 Å². The minimum atomic E-state index is -2.59. The molecule has 5 heterocycles. The average Bonchev–Trinajstić information content (AvgIpc) is 3.50. The lowest BCUT2D eigenvalue weighted by atomic mass is 10.1. The van der Waals surface area contributed by atoms with Gasteiger partial charge in [-0.1, -0.05) is 6.07 Å². The molecule has 32 heavy (non-hydrogen) atoms. The van der Waals surface area contributed by atoms with Crippen molar-refractivity contribution in [2.75, 3.05) is 18.0 Å². The van der Waals surface area contributed by atoms with Crippen molar-refractivity contribution in [3.63, 3.8) is 0 Å². The quantitative estimate of drug-likeness (QED) is 0.445. The minimum Gasteiger partial charge on any atom is -0.369 e. The third kappa shape index (κ3) is 3.10. The highest BCUT2D eigenvalue weighted by Crippen LogP contribution is 2.35. The number of aromatic nitrogens is 7. The summed E-state index contributed by atoms with van der Waals surface area (Å²) in [5.74, 6) is -1.97. The van der Waals surface area contributed by atoms with E-state index in [2.05, 4.69) is 25.3 Å². The molecule has 0 aliphatic carbocycles. The molecule has 1 saturated heterocycles. The molecule has 0 spiro atoms. The highest BCUT2D eigenvalue weighted by atomic mass is 19.3. The van der Waals surface area contributed by atoms with Crippen LogP contribution in [0.25, 0.3) is 44.7 Å². The van der Waals surface area contributed by atoms with E-state index >= 15 is 0 Å². The Morgan fingerprint density at radius 2 is 1.94 bits per heavy atom. The molecule has 0 saturated carbocycles. The molecule has 1 aromatic carbocycles. The predicted octanol–water partition coefficient (Wildman–Crippen LogP) is 4.14. The van der Waals surface area contributed by atoms with Crippen LogP contribution in [0.2, 0.25) is 0 Å². The summed E-state index contributed by atoms with van der Waals surface area (Å²) in [5.41, 5.74) is 5.64. The summed E-state index contributed by atoms with van der Waals surface area (Å²) in [6, 6.07) is 7.75. The molecular formula is C22H20F2N8. The van der Waals surface area contributed by atoms with Crippen LogP contribution in [0, 0.1) is 0 Å². The monoisotopic (exact) mass is 434 g/mol. The zero-order valence-electron chi connectivity index (χ0n) is 17.3. The fourth-order valence-electron chi connectivity index (χ4n) is 4.27. The van der Waals surface area contributed by atoms with Crippen LogP contribution >= 0.6 is 0 Å². The maximum absolute atomic E-state index is 13.6. The van der Waals surface area contributed by atoms with Crippen molar-refractivity contribution in [2.45, 2.75) is 18.8 Å². The molecule has 0 bridgehead atoms. The summed E-state index contributed by atoms with van der Waals surface area (Å²) in [5, 5.41) is 12.6. The number of fused-ring (bicyclic) bond motifs is 2. The second-order valence-corrected chi connectivity index (χ2v) is 8.19. The first kappa shape index (κ1) is 18.9. The van der Waals surface area contributed by atoms with Gasteiger partial charge in [-0.15, -0.1) is 0 Å². The van der Waals surface area contributed by atoms with Crippen LogP contribution in [-0.4, -0.2) is 53.9 Å². The van der Waals surface area contributed by atoms with Crippen molar-refractivity contribution in [1.82, 2.24) is 34.9 Å². The molecule has 0 amide bonds. The molecule has 1 aliphatic heterocycles. The van der Waals surface area contributed by atoms with Gasteiger partial charge in [0, 0.05) is 50.1 Å². The average molecular weight is 434 g/mol. The summed E-state index contributed by atoms with van der Waals surface area (Å²) in [6.45, 7) is 0.611. The van der Waals surface area contributed by atoms with Crippen molar-refractivity contribution in [1.29, 1.82) is 0 Å². The van der Waals surface area contributed by atoms with Gasteiger partial charge in [0.15, 0.2) is 5.82 Å². The number of nitrogens with zero attached hydrogens (tertiary/aromatic N) is 6. The molecule has 6 rings (SSSR count). The predicted molar refractivity (Wildman–Crippen MR) is 118 cm³/mol. The molecule has 1 fully saturated rings. The van der Waals surface area contributed by atoms with Gasteiger partial charge in [-0.25, -0.2) is 13.8 Å². The van der Waals surface area contributed by atoms with Crippen molar-refractivity contribution < 1.29 is 8.78 Å². The van der Waals surface area contributed by atoms with E-state index in [1.807, 2.05) is 42.4 Å². The molecule has 1 aliphatic rings. The van der Waals surface area contributed by atoms with Gasteiger partial charge in [0.05, 0.1) is 34.8 Å². The third-order valence-electron chi connectivity index (χ3n) is 6.00. The lowest BCUT2D eigenvalue weighted by Gasteiger charge is -2.33. The van der Waals surface area contributed by atoms with Crippen molar-refractivity contribution in [2.24, 2.45) is 7.05 Å². The molecule has 162 valence electrons. The first-order chi connectivity index (χ1) is 15.5. The lowest BCUT2D eigenvalue weighted by Crippen LogP contribution is -2.39. The van der Waals surface area contributed by atoms with Crippen LogP contribution in [0.4, 0.5) is 14.5 Å². The largest absolute Gasteiger partial charge is 0.369 e. The number of alkyl halides is 2. The Balaban J connectivity index is 1.42. The topological polar surface area (TPSA) is 91.3 Å². The number of hydrogen-bond donors (Lipinski definition) is 2. The molecule has 8 nitrogen and oxygen atoms in total. The van der Waals surface area contributed by atoms with Crippen LogP contribution < -0.4 is 4.90 Å². The van der Waals surface area contributed by atoms with Gasteiger partial charge in [0.25, 0.3) is 5.92 Å². The van der Waals surface area contributed by atoms with E-state index in [1.165, 1.54) is 0 Å². The van der Waals surface area contributed by atoms with Crippen LogP contribution in [-0.2, 0) is 7.05 Å². The number of nitrogens with one attached hydrogen (secondary N) is 2. The Labute approximate surface area is 181 Å². The molecule has 0 atom stereocenters. The second-order valence-electron chi connectivity index (χ2n) is 8.19. The van der Waals surface area contributed by atoms with Crippen LogP contribution in [0.5, 0.6) is 0 Å². The number of benzene rings is 1. The SMILES string of the molecule is Cn1cc(-c2cc3c(-c4nc5c(N6CCC(F)(F)CC6)cccc5[nH]4)n[nH]c3cn2)cn1. The number of imidazole rings is 1. The van der Waals surface area contributed by atoms with Crippen molar-refractivity contribution in [3.05, 3.63) is 42.9 Å². The molecule has 0 radical (unpaired) electrons. The standard InChI is InChI=1S/C22H20F2N8/c1-31-12-13(10-26-31)16-9-14-17(11-25-16)29-30-19(14)21-27-15-3-2-4-18(20(15)28-21)32-7-5-22(23,24)6-8-32/h2-4,9-12H,5-8H2,1H3,(H,27,28)(H,29,30). The van der Waals surface area contributed by atoms with Gasteiger partial charge in [-0.2, -0.15) is 10.2 Å². The molecule has 5 aromatic rings. The second kappa shape index (κ2) is 6.84. The number of halogens is 2. The number of piperidine rings is 1. The number of aromatic amines is 2. The Kier molecular flexibility index (Phi) is 4.04. The number of pyridine rings is 1. The normalized spacial score (nSPS) is 16.3. The number of para-hydroxylation sites is 1. The highest BCUT2D eigenvalue weighted by Gasteiger charge is 2.34.